The Morgan fingerprint density at radius 3 is 2.44 bits per heavy atom. The van der Waals surface area contributed by atoms with Crippen LogP contribution >= 0.6 is 0 Å². The van der Waals surface area contributed by atoms with E-state index in [4.69, 9.17) is 0 Å². The van der Waals surface area contributed by atoms with E-state index in [9.17, 15) is 15.3 Å². The maximum Gasteiger partial charge on any atom is 0.0622 e. The number of rotatable bonds is 2. The summed E-state index contributed by atoms with van der Waals surface area (Å²) in [5, 5.41) is 30.8. The van der Waals surface area contributed by atoms with E-state index in [1.165, 1.54) is 0 Å². The summed E-state index contributed by atoms with van der Waals surface area (Å²) in [6.45, 7) is 6.32. The summed E-state index contributed by atoms with van der Waals surface area (Å²) in [5.74, 6) is 1.80. The first-order valence-corrected chi connectivity index (χ1v) is 7.32. The molecule has 3 nitrogen and oxygen atoms in total. The van der Waals surface area contributed by atoms with E-state index in [1.54, 1.807) is 0 Å². The summed E-state index contributed by atoms with van der Waals surface area (Å²) >= 11 is 0. The van der Waals surface area contributed by atoms with Crippen molar-refractivity contribution in [2.45, 2.75) is 45.3 Å². The molecule has 5 rings (SSSR count). The van der Waals surface area contributed by atoms with Crippen LogP contribution in [-0.4, -0.2) is 33.6 Å². The van der Waals surface area contributed by atoms with Crippen molar-refractivity contribution in [3.63, 3.8) is 0 Å². The summed E-state index contributed by atoms with van der Waals surface area (Å²) in [6.07, 6.45) is 1.86. The third kappa shape index (κ3) is 0.862. The molecule has 5 saturated carbocycles. The lowest BCUT2D eigenvalue weighted by Crippen LogP contribution is -2.46. The maximum atomic E-state index is 10.5. The minimum absolute atomic E-state index is 0.0122. The molecule has 0 radical (unpaired) electrons. The van der Waals surface area contributed by atoms with Crippen molar-refractivity contribution in [3.8, 4) is 0 Å². The van der Waals surface area contributed by atoms with Gasteiger partial charge >= 0.3 is 0 Å². The number of hydrogen-bond donors (Lipinski definition) is 3. The van der Waals surface area contributed by atoms with Crippen LogP contribution in [0, 0.1) is 40.4 Å². The van der Waals surface area contributed by atoms with Crippen LogP contribution in [0.15, 0.2) is 0 Å². The quantitative estimate of drug-likeness (QED) is 0.687. The van der Waals surface area contributed by atoms with E-state index in [0.717, 1.165) is 12.8 Å². The molecule has 102 valence electrons. The van der Waals surface area contributed by atoms with Crippen molar-refractivity contribution >= 4 is 0 Å². The standard InChI is InChI=1S/C15H24O3/c1-13(2,18)7-4-5-14(3)10-8(7)9-11(12(10)17)15(9,14)6-16/h7-12,16-18H,4-6H2,1-3H3/t7-,8-,9-,10-,11-,12-,14+,15-/m1/s1. The molecule has 18 heavy (non-hydrogen) atoms. The molecule has 0 aromatic heterocycles. The molecule has 5 aliphatic carbocycles. The third-order valence-electron chi connectivity index (χ3n) is 7.44. The highest BCUT2D eigenvalue weighted by molar-refractivity contribution is 5.38. The van der Waals surface area contributed by atoms with Crippen molar-refractivity contribution in [2.75, 3.05) is 6.61 Å². The largest absolute Gasteiger partial charge is 0.396 e. The van der Waals surface area contributed by atoms with Crippen molar-refractivity contribution in [1.29, 1.82) is 0 Å². The molecule has 8 atom stereocenters. The second-order valence-corrected chi connectivity index (χ2v) is 8.06. The van der Waals surface area contributed by atoms with E-state index < -0.39 is 5.60 Å². The van der Waals surface area contributed by atoms with Crippen LogP contribution in [0.3, 0.4) is 0 Å². The lowest BCUT2D eigenvalue weighted by atomic mass is 9.60. The average molecular weight is 252 g/mol. The molecule has 3 heteroatoms. The minimum Gasteiger partial charge on any atom is -0.396 e. The fourth-order valence-corrected chi connectivity index (χ4v) is 6.91. The SMILES string of the molecule is CC(C)(O)[C@@H]1CC[C@@]2(C)[C@H]3[C@@H](O)[C@H]4[C@@H]([C@H]31)[C@]42CO. The highest BCUT2D eigenvalue weighted by atomic mass is 16.3. The Morgan fingerprint density at radius 1 is 1.22 bits per heavy atom. The van der Waals surface area contributed by atoms with E-state index in [2.05, 4.69) is 6.92 Å². The molecular formula is C15H24O3. The van der Waals surface area contributed by atoms with E-state index in [-0.39, 0.29) is 29.5 Å². The van der Waals surface area contributed by atoms with Gasteiger partial charge in [-0.25, -0.2) is 0 Å². The van der Waals surface area contributed by atoms with Crippen molar-refractivity contribution in [2.24, 2.45) is 40.4 Å². The number of hydrogen-bond acceptors (Lipinski definition) is 3. The van der Waals surface area contributed by atoms with Gasteiger partial charge in [0.1, 0.15) is 0 Å². The molecule has 0 aromatic carbocycles. The summed E-state index contributed by atoms with van der Waals surface area (Å²) in [7, 11) is 0. The van der Waals surface area contributed by atoms with Gasteiger partial charge in [0, 0.05) is 12.0 Å². The zero-order valence-electron chi connectivity index (χ0n) is 11.4. The van der Waals surface area contributed by atoms with Gasteiger partial charge in [-0.1, -0.05) is 6.92 Å². The van der Waals surface area contributed by atoms with Crippen LogP contribution in [0.1, 0.15) is 33.6 Å². The average Bonchev–Trinajstić information content (AvgIpc) is 2.75. The highest BCUT2D eigenvalue weighted by Crippen LogP contribution is 2.91. The van der Waals surface area contributed by atoms with Gasteiger partial charge in [-0.15, -0.1) is 0 Å². The molecule has 0 heterocycles. The van der Waals surface area contributed by atoms with Crippen molar-refractivity contribution in [1.82, 2.24) is 0 Å². The Bertz CT molecular complexity index is 414. The predicted molar refractivity (Wildman–Crippen MR) is 66.6 cm³/mol. The summed E-state index contributed by atoms with van der Waals surface area (Å²) in [6, 6.07) is 0. The van der Waals surface area contributed by atoms with Crippen molar-refractivity contribution < 1.29 is 15.3 Å². The van der Waals surface area contributed by atoms with Crippen LogP contribution in [0.5, 0.6) is 0 Å². The number of aliphatic hydroxyl groups excluding tert-OH is 2. The zero-order chi connectivity index (χ0) is 13.1. The minimum atomic E-state index is -0.660. The van der Waals surface area contributed by atoms with Gasteiger partial charge in [0.2, 0.25) is 0 Å². The summed E-state index contributed by atoms with van der Waals surface area (Å²) in [5.41, 5.74) is -0.558. The Labute approximate surface area is 108 Å². The van der Waals surface area contributed by atoms with Crippen LogP contribution in [0.2, 0.25) is 0 Å². The van der Waals surface area contributed by atoms with Gasteiger partial charge < -0.3 is 15.3 Å². The molecule has 0 amide bonds. The molecule has 0 aliphatic heterocycles. The first-order chi connectivity index (χ1) is 8.30. The van der Waals surface area contributed by atoms with Crippen LogP contribution in [0.25, 0.3) is 0 Å². The van der Waals surface area contributed by atoms with E-state index in [0.29, 0.717) is 23.7 Å². The summed E-state index contributed by atoms with van der Waals surface area (Å²) in [4.78, 5) is 0. The second kappa shape index (κ2) is 2.82. The fourth-order valence-electron chi connectivity index (χ4n) is 6.91. The molecular weight excluding hydrogens is 228 g/mol. The first-order valence-electron chi connectivity index (χ1n) is 7.32. The summed E-state index contributed by atoms with van der Waals surface area (Å²) < 4.78 is 0. The molecule has 0 spiro atoms. The van der Waals surface area contributed by atoms with Gasteiger partial charge in [0.05, 0.1) is 11.7 Å². The highest BCUT2D eigenvalue weighted by Gasteiger charge is 2.92. The number of aliphatic hydroxyl groups is 3. The first kappa shape index (κ1) is 11.7. The van der Waals surface area contributed by atoms with Gasteiger partial charge in [0.25, 0.3) is 0 Å². The van der Waals surface area contributed by atoms with Gasteiger partial charge in [-0.2, -0.15) is 0 Å². The van der Waals surface area contributed by atoms with Crippen molar-refractivity contribution in [3.05, 3.63) is 0 Å². The Hall–Kier alpha value is -0.120. The molecule has 0 unspecified atom stereocenters. The maximum absolute atomic E-state index is 10.5. The topological polar surface area (TPSA) is 60.7 Å². The molecule has 5 fully saturated rings. The Balaban J connectivity index is 1.81. The van der Waals surface area contributed by atoms with Crippen LogP contribution < -0.4 is 0 Å². The van der Waals surface area contributed by atoms with Crippen LogP contribution in [0.4, 0.5) is 0 Å². The fraction of sp³-hybridized carbons (Fsp3) is 1.00. The molecule has 6 bridgehead atoms. The molecule has 0 saturated heterocycles. The van der Waals surface area contributed by atoms with E-state index in [1.807, 2.05) is 13.8 Å². The smallest absolute Gasteiger partial charge is 0.0622 e. The van der Waals surface area contributed by atoms with Crippen LogP contribution in [-0.2, 0) is 0 Å². The molecule has 0 aromatic rings. The normalized spacial score (nSPS) is 64.3. The van der Waals surface area contributed by atoms with E-state index >= 15 is 0 Å². The third-order valence-corrected chi connectivity index (χ3v) is 7.44. The van der Waals surface area contributed by atoms with Gasteiger partial charge in [-0.05, 0) is 61.7 Å². The Morgan fingerprint density at radius 2 is 1.89 bits per heavy atom. The van der Waals surface area contributed by atoms with Gasteiger partial charge in [0.15, 0.2) is 0 Å². The predicted octanol–water partition coefficient (Wildman–Crippen LogP) is 1.02. The monoisotopic (exact) mass is 252 g/mol. The van der Waals surface area contributed by atoms with Gasteiger partial charge in [-0.3, -0.25) is 0 Å². The second-order valence-electron chi connectivity index (χ2n) is 8.06. The molecule has 3 N–H and O–H groups in total. The Kier molecular flexibility index (Phi) is 1.83. The lowest BCUT2D eigenvalue weighted by Gasteiger charge is -2.46. The lowest BCUT2D eigenvalue weighted by molar-refractivity contribution is -0.0725. The molecule has 5 aliphatic rings. The zero-order valence-corrected chi connectivity index (χ0v) is 11.4.